The average molecular weight is 279 g/mol. The van der Waals surface area contributed by atoms with Gasteiger partial charge in [0.15, 0.2) is 0 Å². The van der Waals surface area contributed by atoms with Crippen LogP contribution in [0.4, 0.5) is 4.39 Å². The summed E-state index contributed by atoms with van der Waals surface area (Å²) < 4.78 is 18.5. The van der Waals surface area contributed by atoms with Crippen LogP contribution in [0.1, 0.15) is 24.8 Å². The van der Waals surface area contributed by atoms with Crippen molar-refractivity contribution in [3.8, 4) is 0 Å². The molecule has 1 atom stereocenters. The summed E-state index contributed by atoms with van der Waals surface area (Å²) in [7, 11) is 1.54. The molecule has 1 aliphatic heterocycles. The average Bonchev–Trinajstić information content (AvgIpc) is 2.47. The number of hydrogen-bond donors (Lipinski definition) is 0. The number of benzene rings is 1. The monoisotopic (exact) mass is 279 g/mol. The van der Waals surface area contributed by atoms with E-state index in [1.807, 2.05) is 17.0 Å². The van der Waals surface area contributed by atoms with Crippen LogP contribution in [0, 0.1) is 11.7 Å². The van der Waals surface area contributed by atoms with Crippen LogP contribution in [0.5, 0.6) is 0 Å². The second kappa shape index (κ2) is 7.39. The van der Waals surface area contributed by atoms with Crippen molar-refractivity contribution in [2.24, 2.45) is 5.92 Å². The zero-order valence-electron chi connectivity index (χ0n) is 12.0. The molecule has 0 aromatic heterocycles. The number of likely N-dealkylation sites (tertiary alicyclic amines) is 1. The molecular formula is C16H22FNO2. The van der Waals surface area contributed by atoms with E-state index in [4.69, 9.17) is 4.74 Å². The van der Waals surface area contributed by atoms with Crippen LogP contribution in [0.2, 0.25) is 0 Å². The van der Waals surface area contributed by atoms with Crippen LogP contribution in [0.3, 0.4) is 0 Å². The number of amides is 1. The maximum absolute atomic E-state index is 13.6. The lowest BCUT2D eigenvalue weighted by Crippen LogP contribution is -2.41. The third-order valence-corrected chi connectivity index (χ3v) is 3.92. The normalized spacial score (nSPS) is 19.1. The molecule has 0 aliphatic carbocycles. The van der Waals surface area contributed by atoms with Gasteiger partial charge in [0, 0.05) is 20.2 Å². The van der Waals surface area contributed by atoms with Gasteiger partial charge in [-0.25, -0.2) is 4.39 Å². The summed E-state index contributed by atoms with van der Waals surface area (Å²) >= 11 is 0. The minimum Gasteiger partial charge on any atom is -0.375 e. The molecule has 1 fully saturated rings. The Bertz CT molecular complexity index is 450. The number of methoxy groups -OCH3 is 1. The molecule has 1 amide bonds. The SMILES string of the molecule is COCC(=O)N1CCC[C@H](CCc2ccccc2F)C1. The van der Waals surface area contributed by atoms with E-state index in [1.54, 1.807) is 6.07 Å². The molecule has 20 heavy (non-hydrogen) atoms. The summed E-state index contributed by atoms with van der Waals surface area (Å²) in [6.45, 7) is 1.75. The highest BCUT2D eigenvalue weighted by atomic mass is 19.1. The lowest BCUT2D eigenvalue weighted by Gasteiger charge is -2.32. The Hall–Kier alpha value is -1.42. The van der Waals surface area contributed by atoms with E-state index < -0.39 is 0 Å². The van der Waals surface area contributed by atoms with Gasteiger partial charge in [-0.3, -0.25) is 4.79 Å². The third kappa shape index (κ3) is 4.04. The highest BCUT2D eigenvalue weighted by Gasteiger charge is 2.23. The van der Waals surface area contributed by atoms with Crippen molar-refractivity contribution in [1.82, 2.24) is 4.90 Å². The molecule has 0 N–H and O–H groups in total. The van der Waals surface area contributed by atoms with Gasteiger partial charge in [-0.2, -0.15) is 0 Å². The zero-order chi connectivity index (χ0) is 14.4. The number of carbonyl (C=O) groups is 1. The largest absolute Gasteiger partial charge is 0.375 e. The highest BCUT2D eigenvalue weighted by molar-refractivity contribution is 5.77. The van der Waals surface area contributed by atoms with Crippen molar-refractivity contribution in [2.75, 3.05) is 26.8 Å². The standard InChI is InChI=1S/C16H22FNO2/c1-20-12-16(19)18-10-4-5-13(11-18)8-9-14-6-2-3-7-15(14)17/h2-3,6-7,13H,4-5,8-12H2,1H3/t13-/m1/s1. The van der Waals surface area contributed by atoms with Crippen LogP contribution >= 0.6 is 0 Å². The first-order chi connectivity index (χ1) is 9.70. The Balaban J connectivity index is 1.84. The van der Waals surface area contributed by atoms with Crippen molar-refractivity contribution < 1.29 is 13.9 Å². The number of carbonyl (C=O) groups excluding carboxylic acids is 1. The molecule has 0 bridgehead atoms. The van der Waals surface area contributed by atoms with Gasteiger partial charge in [-0.05, 0) is 43.2 Å². The number of ether oxygens (including phenoxy) is 1. The molecule has 1 aromatic carbocycles. The maximum atomic E-state index is 13.6. The van der Waals surface area contributed by atoms with E-state index >= 15 is 0 Å². The van der Waals surface area contributed by atoms with Crippen LogP contribution < -0.4 is 0 Å². The lowest BCUT2D eigenvalue weighted by atomic mass is 9.91. The summed E-state index contributed by atoms with van der Waals surface area (Å²) in [6, 6.07) is 6.93. The van der Waals surface area contributed by atoms with E-state index in [2.05, 4.69) is 0 Å². The molecule has 1 saturated heterocycles. The number of hydrogen-bond acceptors (Lipinski definition) is 2. The van der Waals surface area contributed by atoms with Crippen LogP contribution in [-0.4, -0.2) is 37.6 Å². The Morgan fingerprint density at radius 2 is 2.25 bits per heavy atom. The fraction of sp³-hybridized carbons (Fsp3) is 0.562. The number of nitrogens with zero attached hydrogens (tertiary/aromatic N) is 1. The molecule has 1 aliphatic rings. The second-order valence-electron chi connectivity index (χ2n) is 5.41. The smallest absolute Gasteiger partial charge is 0.248 e. The van der Waals surface area contributed by atoms with E-state index in [9.17, 15) is 9.18 Å². The van der Waals surface area contributed by atoms with Crippen molar-refractivity contribution in [3.63, 3.8) is 0 Å². The van der Waals surface area contributed by atoms with Gasteiger partial charge < -0.3 is 9.64 Å². The topological polar surface area (TPSA) is 29.5 Å². The second-order valence-corrected chi connectivity index (χ2v) is 5.41. The number of rotatable bonds is 5. The number of piperidine rings is 1. The van der Waals surface area contributed by atoms with Crippen LogP contribution in [-0.2, 0) is 16.0 Å². The molecule has 0 saturated carbocycles. The van der Waals surface area contributed by atoms with Crippen LogP contribution in [0.15, 0.2) is 24.3 Å². The summed E-state index contributed by atoms with van der Waals surface area (Å²) in [5.74, 6) is 0.392. The molecule has 1 heterocycles. The summed E-state index contributed by atoms with van der Waals surface area (Å²) in [5.41, 5.74) is 0.771. The predicted molar refractivity (Wildman–Crippen MR) is 75.9 cm³/mol. The molecule has 0 radical (unpaired) electrons. The van der Waals surface area contributed by atoms with Gasteiger partial charge in [0.1, 0.15) is 12.4 Å². The van der Waals surface area contributed by atoms with Crippen molar-refractivity contribution >= 4 is 5.91 Å². The van der Waals surface area contributed by atoms with Crippen molar-refractivity contribution in [3.05, 3.63) is 35.6 Å². The van der Waals surface area contributed by atoms with Gasteiger partial charge in [-0.1, -0.05) is 18.2 Å². The van der Waals surface area contributed by atoms with Gasteiger partial charge in [0.25, 0.3) is 0 Å². The highest BCUT2D eigenvalue weighted by Crippen LogP contribution is 2.22. The summed E-state index contributed by atoms with van der Waals surface area (Å²) in [5, 5.41) is 0. The van der Waals surface area contributed by atoms with Gasteiger partial charge >= 0.3 is 0 Å². The zero-order valence-corrected chi connectivity index (χ0v) is 12.0. The third-order valence-electron chi connectivity index (χ3n) is 3.92. The first-order valence-electron chi connectivity index (χ1n) is 7.21. The molecule has 3 nitrogen and oxygen atoms in total. The fourth-order valence-electron chi connectivity index (χ4n) is 2.80. The lowest BCUT2D eigenvalue weighted by molar-refractivity contribution is -0.137. The van der Waals surface area contributed by atoms with Crippen molar-refractivity contribution in [1.29, 1.82) is 0 Å². The van der Waals surface area contributed by atoms with Gasteiger partial charge in [-0.15, -0.1) is 0 Å². The minimum absolute atomic E-state index is 0.0584. The molecule has 2 rings (SSSR count). The predicted octanol–water partition coefficient (Wildman–Crippen LogP) is 2.64. The van der Waals surface area contributed by atoms with Crippen LogP contribution in [0.25, 0.3) is 0 Å². The van der Waals surface area contributed by atoms with Crippen molar-refractivity contribution in [2.45, 2.75) is 25.7 Å². The first-order valence-corrected chi connectivity index (χ1v) is 7.21. The Morgan fingerprint density at radius 3 is 3.00 bits per heavy atom. The Morgan fingerprint density at radius 1 is 1.45 bits per heavy atom. The summed E-state index contributed by atoms with van der Waals surface area (Å²) in [4.78, 5) is 13.7. The van der Waals surface area contributed by atoms with E-state index in [0.29, 0.717) is 5.92 Å². The fourth-order valence-corrected chi connectivity index (χ4v) is 2.80. The Labute approximate surface area is 119 Å². The molecule has 110 valence electrons. The quantitative estimate of drug-likeness (QED) is 0.829. The maximum Gasteiger partial charge on any atom is 0.248 e. The molecule has 1 aromatic rings. The van der Waals surface area contributed by atoms with Gasteiger partial charge in [0.2, 0.25) is 5.91 Å². The van der Waals surface area contributed by atoms with E-state index in [-0.39, 0.29) is 18.3 Å². The number of aryl methyl sites for hydroxylation is 1. The Kier molecular flexibility index (Phi) is 5.53. The number of halogens is 1. The molecule has 0 spiro atoms. The minimum atomic E-state index is -0.129. The first kappa shape index (κ1) is 15.0. The van der Waals surface area contributed by atoms with Gasteiger partial charge in [0.05, 0.1) is 0 Å². The van der Waals surface area contributed by atoms with E-state index in [1.165, 1.54) is 13.2 Å². The molecular weight excluding hydrogens is 257 g/mol. The summed E-state index contributed by atoms with van der Waals surface area (Å²) in [6.07, 6.45) is 3.81. The molecule has 4 heteroatoms. The van der Waals surface area contributed by atoms with E-state index in [0.717, 1.165) is 44.3 Å². The molecule has 0 unspecified atom stereocenters.